The van der Waals surface area contributed by atoms with Crippen molar-refractivity contribution in [1.82, 2.24) is 14.6 Å². The lowest BCUT2D eigenvalue weighted by Gasteiger charge is -2.23. The smallest absolute Gasteiger partial charge is 0.335 e. The molecule has 0 unspecified atom stereocenters. The highest BCUT2D eigenvalue weighted by molar-refractivity contribution is 5.82. The molecule has 3 rings (SSSR count). The summed E-state index contributed by atoms with van der Waals surface area (Å²) in [4.78, 5) is 26.6. The van der Waals surface area contributed by atoms with Crippen LogP contribution in [0.15, 0.2) is 39.0 Å². The van der Waals surface area contributed by atoms with Gasteiger partial charge in [0, 0.05) is 0 Å². The van der Waals surface area contributed by atoms with E-state index >= 15 is 0 Å². The Kier molecular flexibility index (Phi) is 5.37. The van der Waals surface area contributed by atoms with Crippen molar-refractivity contribution in [2.24, 2.45) is 5.10 Å². The van der Waals surface area contributed by atoms with Crippen molar-refractivity contribution in [3.05, 3.63) is 50.7 Å². The number of nitrogens with zero attached hydrogens (tertiary/aromatic N) is 3. The standard InChI is InChI=1S/C17H20N4O5/c1-2-26-14-6-4-3-5-13(14)21-16(23)12(15(22)19-17(21)24)11-18-20-7-9-25-10-8-20/h3-6,11,23H,2,7-10H2,1H3,(H,19,22,24). The van der Waals surface area contributed by atoms with Crippen LogP contribution in [-0.2, 0) is 4.74 Å². The molecule has 1 aliphatic heterocycles. The number of H-pyrrole nitrogens is 1. The summed E-state index contributed by atoms with van der Waals surface area (Å²) in [5, 5.41) is 16.5. The number of rotatable bonds is 5. The van der Waals surface area contributed by atoms with Crippen LogP contribution in [0, 0.1) is 0 Å². The number of morpholine rings is 1. The van der Waals surface area contributed by atoms with E-state index in [0.717, 1.165) is 4.57 Å². The molecule has 9 heteroatoms. The molecule has 1 fully saturated rings. The Labute approximate surface area is 149 Å². The van der Waals surface area contributed by atoms with E-state index in [1.807, 2.05) is 6.92 Å². The molecule has 0 atom stereocenters. The largest absolute Gasteiger partial charge is 0.493 e. The molecule has 0 radical (unpaired) electrons. The van der Waals surface area contributed by atoms with E-state index in [1.165, 1.54) is 6.21 Å². The van der Waals surface area contributed by atoms with Crippen LogP contribution in [0.25, 0.3) is 5.69 Å². The molecule has 2 aromatic rings. The third kappa shape index (κ3) is 3.62. The first kappa shape index (κ1) is 17.7. The highest BCUT2D eigenvalue weighted by atomic mass is 16.5. The van der Waals surface area contributed by atoms with Crippen molar-refractivity contribution in [2.75, 3.05) is 32.9 Å². The van der Waals surface area contributed by atoms with Crippen LogP contribution in [-0.4, -0.2) is 58.8 Å². The Bertz CT molecular complexity index is 912. The number of para-hydroxylation sites is 2. The molecule has 2 heterocycles. The molecule has 1 aromatic heterocycles. The molecule has 1 aromatic carbocycles. The maximum atomic E-state index is 12.3. The highest BCUT2D eigenvalue weighted by Gasteiger charge is 2.17. The number of hydrogen-bond donors (Lipinski definition) is 2. The van der Waals surface area contributed by atoms with Crippen LogP contribution in [0.3, 0.4) is 0 Å². The first-order valence-electron chi connectivity index (χ1n) is 8.29. The summed E-state index contributed by atoms with van der Waals surface area (Å²) < 4.78 is 11.7. The molecule has 0 bridgehead atoms. The van der Waals surface area contributed by atoms with Crippen molar-refractivity contribution in [1.29, 1.82) is 0 Å². The van der Waals surface area contributed by atoms with Gasteiger partial charge in [0.2, 0.25) is 5.88 Å². The lowest BCUT2D eigenvalue weighted by atomic mass is 10.2. The minimum atomic E-state index is -0.761. The molecule has 0 saturated carbocycles. The Morgan fingerprint density at radius 3 is 2.77 bits per heavy atom. The van der Waals surface area contributed by atoms with Gasteiger partial charge in [-0.05, 0) is 19.1 Å². The summed E-state index contributed by atoms with van der Waals surface area (Å²) in [6, 6.07) is 6.75. The van der Waals surface area contributed by atoms with E-state index in [9.17, 15) is 14.7 Å². The molecule has 0 aliphatic carbocycles. The van der Waals surface area contributed by atoms with Gasteiger partial charge >= 0.3 is 5.69 Å². The van der Waals surface area contributed by atoms with Gasteiger partial charge in [-0.25, -0.2) is 9.36 Å². The minimum Gasteiger partial charge on any atom is -0.493 e. The maximum Gasteiger partial charge on any atom is 0.335 e. The van der Waals surface area contributed by atoms with E-state index in [-0.39, 0.29) is 5.56 Å². The van der Waals surface area contributed by atoms with Gasteiger partial charge in [0.25, 0.3) is 5.56 Å². The lowest BCUT2D eigenvalue weighted by Crippen LogP contribution is -2.34. The van der Waals surface area contributed by atoms with E-state index in [2.05, 4.69) is 10.1 Å². The van der Waals surface area contributed by atoms with Crippen molar-refractivity contribution in [3.63, 3.8) is 0 Å². The van der Waals surface area contributed by atoms with Crippen LogP contribution in [0.1, 0.15) is 12.5 Å². The topological polar surface area (TPSA) is 109 Å². The van der Waals surface area contributed by atoms with E-state index in [1.54, 1.807) is 29.3 Å². The normalized spacial score (nSPS) is 14.7. The second-order valence-electron chi connectivity index (χ2n) is 5.54. The molecule has 0 amide bonds. The predicted octanol–water partition coefficient (Wildman–Crippen LogP) is 0.296. The van der Waals surface area contributed by atoms with Crippen LogP contribution in [0.4, 0.5) is 0 Å². The first-order chi connectivity index (χ1) is 12.6. The molecule has 2 N–H and O–H groups in total. The summed E-state index contributed by atoms with van der Waals surface area (Å²) in [6.07, 6.45) is 1.25. The highest BCUT2D eigenvalue weighted by Crippen LogP contribution is 2.25. The average Bonchev–Trinajstić information content (AvgIpc) is 2.64. The molecule has 26 heavy (non-hydrogen) atoms. The van der Waals surface area contributed by atoms with E-state index < -0.39 is 17.1 Å². The molecular formula is C17H20N4O5. The Hall–Kier alpha value is -3.07. The first-order valence-corrected chi connectivity index (χ1v) is 8.29. The average molecular weight is 360 g/mol. The summed E-state index contributed by atoms with van der Waals surface area (Å²) in [5.41, 5.74) is -1.26. The molecule has 138 valence electrons. The predicted molar refractivity (Wildman–Crippen MR) is 95.5 cm³/mol. The third-order valence-corrected chi connectivity index (χ3v) is 3.86. The number of ether oxygens (including phenoxy) is 2. The fourth-order valence-electron chi connectivity index (χ4n) is 2.61. The van der Waals surface area contributed by atoms with Crippen LogP contribution >= 0.6 is 0 Å². The zero-order chi connectivity index (χ0) is 18.5. The van der Waals surface area contributed by atoms with Crippen LogP contribution in [0.5, 0.6) is 11.6 Å². The summed E-state index contributed by atoms with van der Waals surface area (Å²) >= 11 is 0. The van der Waals surface area contributed by atoms with Crippen molar-refractivity contribution in [3.8, 4) is 17.3 Å². The minimum absolute atomic E-state index is 0.109. The van der Waals surface area contributed by atoms with Gasteiger partial charge in [-0.15, -0.1) is 0 Å². The van der Waals surface area contributed by atoms with Gasteiger partial charge in [-0.2, -0.15) is 5.10 Å². The van der Waals surface area contributed by atoms with E-state index in [4.69, 9.17) is 9.47 Å². The number of hydrogen-bond acceptors (Lipinski definition) is 7. The fraction of sp³-hybridized carbons (Fsp3) is 0.353. The second kappa shape index (κ2) is 7.87. The quantitative estimate of drug-likeness (QED) is 0.742. The monoisotopic (exact) mass is 360 g/mol. The van der Waals surface area contributed by atoms with Crippen molar-refractivity contribution < 1.29 is 14.6 Å². The number of nitrogens with one attached hydrogen (secondary N) is 1. The lowest BCUT2D eigenvalue weighted by molar-refractivity contribution is 0.0396. The number of aromatic hydroxyl groups is 1. The molecule has 0 spiro atoms. The zero-order valence-corrected chi connectivity index (χ0v) is 14.3. The second-order valence-corrected chi connectivity index (χ2v) is 5.54. The molecular weight excluding hydrogens is 340 g/mol. The summed E-state index contributed by atoms with van der Waals surface area (Å²) in [7, 11) is 0. The molecule has 1 aliphatic rings. The maximum absolute atomic E-state index is 12.3. The van der Waals surface area contributed by atoms with Gasteiger partial charge in [0.15, 0.2) is 0 Å². The number of aromatic amines is 1. The van der Waals surface area contributed by atoms with Gasteiger partial charge < -0.3 is 14.6 Å². The van der Waals surface area contributed by atoms with E-state index in [0.29, 0.717) is 44.3 Å². The van der Waals surface area contributed by atoms with Crippen LogP contribution < -0.4 is 16.0 Å². The summed E-state index contributed by atoms with van der Waals surface area (Å²) in [5.74, 6) is -0.0848. The SMILES string of the molecule is CCOc1ccccc1-n1c(O)c(C=NN2CCOCC2)c(=O)[nH]c1=O. The summed E-state index contributed by atoms with van der Waals surface area (Å²) in [6.45, 7) is 4.46. The van der Waals surface area contributed by atoms with Crippen molar-refractivity contribution in [2.45, 2.75) is 6.92 Å². The fourth-order valence-corrected chi connectivity index (χ4v) is 2.61. The Morgan fingerprint density at radius 1 is 1.31 bits per heavy atom. The van der Waals surface area contributed by atoms with Gasteiger partial charge in [0.1, 0.15) is 11.3 Å². The number of aromatic nitrogens is 2. The van der Waals surface area contributed by atoms with Crippen LogP contribution in [0.2, 0.25) is 0 Å². The van der Waals surface area contributed by atoms with Gasteiger partial charge in [0.05, 0.1) is 44.8 Å². The zero-order valence-electron chi connectivity index (χ0n) is 14.3. The van der Waals surface area contributed by atoms with Crippen molar-refractivity contribution >= 4 is 6.21 Å². The number of hydrazone groups is 1. The molecule has 9 nitrogen and oxygen atoms in total. The number of benzene rings is 1. The van der Waals surface area contributed by atoms with Gasteiger partial charge in [-0.1, -0.05) is 12.1 Å². The Balaban J connectivity index is 2.06. The third-order valence-electron chi connectivity index (χ3n) is 3.86. The molecule has 1 saturated heterocycles. The van der Waals surface area contributed by atoms with Gasteiger partial charge in [-0.3, -0.25) is 14.8 Å². The Morgan fingerprint density at radius 2 is 2.04 bits per heavy atom.